The first-order chi connectivity index (χ1) is 7.79. The van der Waals surface area contributed by atoms with Gasteiger partial charge in [0.15, 0.2) is 0 Å². The summed E-state index contributed by atoms with van der Waals surface area (Å²) in [6.07, 6.45) is 6.17. The van der Waals surface area contributed by atoms with Gasteiger partial charge in [-0.2, -0.15) is 0 Å². The van der Waals surface area contributed by atoms with Crippen LogP contribution in [0.25, 0.3) is 0 Å². The van der Waals surface area contributed by atoms with Gasteiger partial charge in [-0.15, -0.1) is 0 Å². The number of hydrogen-bond donors (Lipinski definition) is 2. The van der Waals surface area contributed by atoms with Crippen LogP contribution in [0.3, 0.4) is 0 Å². The van der Waals surface area contributed by atoms with Gasteiger partial charge < -0.3 is 11.1 Å². The number of nitrogens with two attached hydrogens (primary N) is 1. The summed E-state index contributed by atoms with van der Waals surface area (Å²) in [4.78, 5) is 14.0. The third kappa shape index (κ3) is 3.46. The van der Waals surface area contributed by atoms with Gasteiger partial charge in [0.1, 0.15) is 0 Å². The highest BCUT2D eigenvalue weighted by molar-refractivity contribution is 5.78. The van der Waals surface area contributed by atoms with E-state index < -0.39 is 0 Å². The third-order valence-electron chi connectivity index (χ3n) is 3.65. The molecule has 1 unspecified atom stereocenters. The Morgan fingerprint density at radius 3 is 2.81 bits per heavy atom. The second-order valence-electron chi connectivity index (χ2n) is 5.10. The first-order valence-electron chi connectivity index (χ1n) is 6.50. The first kappa shape index (κ1) is 11.9. The average Bonchev–Trinajstić information content (AvgIpc) is 3.11. The molecule has 2 fully saturated rings. The van der Waals surface area contributed by atoms with Crippen molar-refractivity contribution in [2.24, 2.45) is 11.7 Å². The standard InChI is InChI=1S/C12H23N3O/c13-7-11-3-1-2-6-15(11)9-12(16)14-8-10-4-5-10/h10-11H,1-9,13H2,(H,14,16). The van der Waals surface area contributed by atoms with Crippen molar-refractivity contribution in [3.8, 4) is 0 Å². The van der Waals surface area contributed by atoms with E-state index in [1.54, 1.807) is 0 Å². The molecule has 1 aliphatic carbocycles. The highest BCUT2D eigenvalue weighted by atomic mass is 16.2. The van der Waals surface area contributed by atoms with Gasteiger partial charge in [0.2, 0.25) is 5.91 Å². The number of rotatable bonds is 5. The second-order valence-corrected chi connectivity index (χ2v) is 5.10. The summed E-state index contributed by atoms with van der Waals surface area (Å²) in [6.45, 7) is 3.11. The fourth-order valence-corrected chi connectivity index (χ4v) is 2.36. The Hall–Kier alpha value is -0.610. The van der Waals surface area contributed by atoms with Crippen LogP contribution in [0.15, 0.2) is 0 Å². The predicted octanol–water partition coefficient (Wildman–Crippen LogP) is 0.326. The zero-order valence-corrected chi connectivity index (χ0v) is 9.95. The van der Waals surface area contributed by atoms with Crippen LogP contribution in [0.2, 0.25) is 0 Å². The molecule has 0 aromatic carbocycles. The molecule has 0 aromatic rings. The Labute approximate surface area is 97.6 Å². The van der Waals surface area contributed by atoms with E-state index in [0.717, 1.165) is 25.4 Å². The highest BCUT2D eigenvalue weighted by Gasteiger charge is 2.25. The van der Waals surface area contributed by atoms with Crippen LogP contribution in [0.4, 0.5) is 0 Å². The molecule has 1 atom stereocenters. The molecule has 1 amide bonds. The molecule has 0 radical (unpaired) electrons. The Morgan fingerprint density at radius 1 is 1.31 bits per heavy atom. The molecule has 1 heterocycles. The van der Waals surface area contributed by atoms with Gasteiger partial charge in [0, 0.05) is 19.1 Å². The number of hydrogen-bond acceptors (Lipinski definition) is 3. The van der Waals surface area contributed by atoms with E-state index in [1.807, 2.05) is 0 Å². The zero-order chi connectivity index (χ0) is 11.4. The Kier molecular flexibility index (Phi) is 4.18. The monoisotopic (exact) mass is 225 g/mol. The largest absolute Gasteiger partial charge is 0.355 e. The summed E-state index contributed by atoms with van der Waals surface area (Å²) in [5, 5.41) is 3.02. The number of piperidine rings is 1. The average molecular weight is 225 g/mol. The molecule has 0 spiro atoms. The lowest BCUT2D eigenvalue weighted by Gasteiger charge is -2.34. The van der Waals surface area contributed by atoms with Gasteiger partial charge >= 0.3 is 0 Å². The van der Waals surface area contributed by atoms with E-state index in [4.69, 9.17) is 5.73 Å². The van der Waals surface area contributed by atoms with Crippen molar-refractivity contribution < 1.29 is 4.79 Å². The van der Waals surface area contributed by atoms with Gasteiger partial charge in [0.25, 0.3) is 0 Å². The van der Waals surface area contributed by atoms with Crippen molar-refractivity contribution in [1.29, 1.82) is 0 Å². The Morgan fingerprint density at radius 2 is 2.12 bits per heavy atom. The van der Waals surface area contributed by atoms with Crippen molar-refractivity contribution in [2.45, 2.75) is 38.1 Å². The van der Waals surface area contributed by atoms with Crippen LogP contribution >= 0.6 is 0 Å². The van der Waals surface area contributed by atoms with Gasteiger partial charge in [0.05, 0.1) is 6.54 Å². The summed E-state index contributed by atoms with van der Waals surface area (Å²) in [7, 11) is 0. The molecule has 1 saturated heterocycles. The molecule has 16 heavy (non-hydrogen) atoms. The summed E-state index contributed by atoms with van der Waals surface area (Å²) in [5.41, 5.74) is 5.73. The van der Waals surface area contributed by atoms with Crippen molar-refractivity contribution in [3.63, 3.8) is 0 Å². The number of nitrogens with one attached hydrogen (secondary N) is 1. The SMILES string of the molecule is NCC1CCCCN1CC(=O)NCC1CC1. The zero-order valence-electron chi connectivity index (χ0n) is 9.95. The maximum Gasteiger partial charge on any atom is 0.234 e. The molecule has 0 bridgehead atoms. The van der Waals surface area contributed by atoms with Crippen LogP contribution in [0, 0.1) is 5.92 Å². The van der Waals surface area contributed by atoms with Crippen LogP contribution < -0.4 is 11.1 Å². The normalized spacial score (nSPS) is 26.7. The van der Waals surface area contributed by atoms with E-state index in [0.29, 0.717) is 19.1 Å². The highest BCUT2D eigenvalue weighted by Crippen LogP contribution is 2.27. The molecular weight excluding hydrogens is 202 g/mol. The van der Waals surface area contributed by atoms with Crippen molar-refractivity contribution in [3.05, 3.63) is 0 Å². The fraction of sp³-hybridized carbons (Fsp3) is 0.917. The minimum atomic E-state index is 0.173. The number of carbonyl (C=O) groups is 1. The van der Waals surface area contributed by atoms with E-state index in [9.17, 15) is 4.79 Å². The van der Waals surface area contributed by atoms with Crippen LogP contribution in [-0.4, -0.2) is 43.0 Å². The van der Waals surface area contributed by atoms with Gasteiger partial charge in [-0.25, -0.2) is 0 Å². The first-order valence-corrected chi connectivity index (χ1v) is 6.50. The second kappa shape index (κ2) is 5.64. The van der Waals surface area contributed by atoms with Crippen LogP contribution in [0.1, 0.15) is 32.1 Å². The summed E-state index contributed by atoms with van der Waals surface area (Å²) in [5.74, 6) is 0.933. The van der Waals surface area contributed by atoms with Crippen LogP contribution in [0.5, 0.6) is 0 Å². The minimum Gasteiger partial charge on any atom is -0.355 e. The summed E-state index contributed by atoms with van der Waals surface area (Å²) >= 11 is 0. The molecule has 92 valence electrons. The molecule has 4 heteroatoms. The molecule has 1 aliphatic heterocycles. The Bertz CT molecular complexity index is 240. The smallest absolute Gasteiger partial charge is 0.234 e. The van der Waals surface area contributed by atoms with Gasteiger partial charge in [-0.3, -0.25) is 9.69 Å². The Balaban J connectivity index is 1.70. The lowest BCUT2D eigenvalue weighted by atomic mass is 10.0. The number of amides is 1. The van der Waals surface area contributed by atoms with E-state index in [2.05, 4.69) is 10.2 Å². The fourth-order valence-electron chi connectivity index (χ4n) is 2.36. The molecule has 4 nitrogen and oxygen atoms in total. The maximum absolute atomic E-state index is 11.7. The van der Waals surface area contributed by atoms with Crippen molar-refractivity contribution in [1.82, 2.24) is 10.2 Å². The lowest BCUT2D eigenvalue weighted by molar-refractivity contribution is -0.123. The lowest BCUT2D eigenvalue weighted by Crippen LogP contribution is -2.48. The predicted molar refractivity (Wildman–Crippen MR) is 64.0 cm³/mol. The summed E-state index contributed by atoms with van der Waals surface area (Å²) in [6, 6.07) is 0.417. The molecule has 2 rings (SSSR count). The maximum atomic E-state index is 11.7. The van der Waals surface area contributed by atoms with Crippen LogP contribution in [-0.2, 0) is 4.79 Å². The van der Waals surface area contributed by atoms with E-state index in [-0.39, 0.29) is 5.91 Å². The van der Waals surface area contributed by atoms with E-state index in [1.165, 1.54) is 25.7 Å². The number of likely N-dealkylation sites (tertiary alicyclic amines) is 1. The molecule has 0 aromatic heterocycles. The number of carbonyl (C=O) groups excluding carboxylic acids is 1. The minimum absolute atomic E-state index is 0.173. The summed E-state index contributed by atoms with van der Waals surface area (Å²) < 4.78 is 0. The molecular formula is C12H23N3O. The van der Waals surface area contributed by atoms with Crippen molar-refractivity contribution in [2.75, 3.05) is 26.2 Å². The number of nitrogens with zero attached hydrogens (tertiary/aromatic N) is 1. The topological polar surface area (TPSA) is 58.4 Å². The van der Waals surface area contributed by atoms with Gasteiger partial charge in [-0.1, -0.05) is 6.42 Å². The van der Waals surface area contributed by atoms with Crippen molar-refractivity contribution >= 4 is 5.91 Å². The third-order valence-corrected chi connectivity index (χ3v) is 3.65. The molecule has 3 N–H and O–H groups in total. The quantitative estimate of drug-likeness (QED) is 0.709. The van der Waals surface area contributed by atoms with E-state index >= 15 is 0 Å². The van der Waals surface area contributed by atoms with Gasteiger partial charge in [-0.05, 0) is 38.1 Å². The molecule has 1 saturated carbocycles. The molecule has 2 aliphatic rings.